The maximum atomic E-state index is 14.0. The number of rotatable bonds is 4. The van der Waals surface area contributed by atoms with Crippen LogP contribution < -0.4 is 5.32 Å². The molecule has 0 fully saturated rings. The highest BCUT2D eigenvalue weighted by molar-refractivity contribution is 5.94. The predicted octanol–water partition coefficient (Wildman–Crippen LogP) is 5.06. The molecule has 0 bridgehead atoms. The van der Waals surface area contributed by atoms with Gasteiger partial charge in [0.05, 0.1) is 0 Å². The van der Waals surface area contributed by atoms with Crippen molar-refractivity contribution in [3.63, 3.8) is 0 Å². The van der Waals surface area contributed by atoms with Crippen LogP contribution in [-0.4, -0.2) is 23.7 Å². The van der Waals surface area contributed by atoms with Crippen LogP contribution in [0.1, 0.15) is 17.5 Å². The van der Waals surface area contributed by atoms with Gasteiger partial charge in [-0.05, 0) is 30.2 Å². The predicted molar refractivity (Wildman–Crippen MR) is 90.2 cm³/mol. The van der Waals surface area contributed by atoms with Gasteiger partial charge in [-0.2, -0.15) is 13.2 Å². The molecule has 2 aromatic carbocycles. The number of fused-ring (bicyclic) bond motifs is 1. The zero-order chi connectivity index (χ0) is 18.9. The highest BCUT2D eigenvalue weighted by atomic mass is 19.4. The largest absolute Gasteiger partial charge is 0.406 e. The molecule has 7 heteroatoms. The zero-order valence-corrected chi connectivity index (χ0v) is 13.7. The van der Waals surface area contributed by atoms with E-state index in [0.717, 1.165) is 12.1 Å². The molecule has 2 aromatic rings. The summed E-state index contributed by atoms with van der Waals surface area (Å²) in [6.07, 6.45) is -3.19. The third-order valence-corrected chi connectivity index (χ3v) is 4.40. The molecule has 0 radical (unpaired) electrons. The number of alkyl halides is 3. The average Bonchev–Trinajstić information content (AvgIpc) is 2.58. The van der Waals surface area contributed by atoms with Gasteiger partial charge in [-0.25, -0.2) is 9.18 Å². The number of halogens is 4. The van der Waals surface area contributed by atoms with Gasteiger partial charge >= 0.3 is 12.2 Å². The number of carbonyl (C=O) groups is 1. The van der Waals surface area contributed by atoms with E-state index in [9.17, 15) is 22.4 Å². The van der Waals surface area contributed by atoms with Crippen molar-refractivity contribution < 1.29 is 22.4 Å². The Balaban J connectivity index is 2.33. The maximum Gasteiger partial charge on any atom is 0.406 e. The highest BCUT2D eigenvalue weighted by Gasteiger charge is 2.50. The average molecular weight is 364 g/mol. The fraction of sp³-hybridized carbons (Fsp3) is 0.211. The Kier molecular flexibility index (Phi) is 4.48. The van der Waals surface area contributed by atoms with Crippen molar-refractivity contribution in [3.05, 3.63) is 78.1 Å². The van der Waals surface area contributed by atoms with Crippen molar-refractivity contribution in [2.45, 2.75) is 18.1 Å². The summed E-state index contributed by atoms with van der Waals surface area (Å²) in [6, 6.07) is 11.1. The molecule has 0 saturated heterocycles. The van der Waals surface area contributed by atoms with E-state index in [-0.39, 0.29) is 17.7 Å². The number of anilines is 1. The lowest BCUT2D eigenvalue weighted by Gasteiger charge is -2.48. The monoisotopic (exact) mass is 364 g/mol. The van der Waals surface area contributed by atoms with Gasteiger partial charge in [0.15, 0.2) is 0 Å². The van der Waals surface area contributed by atoms with E-state index in [2.05, 4.69) is 11.9 Å². The zero-order valence-electron chi connectivity index (χ0n) is 13.7. The number of benzene rings is 2. The number of nitrogens with zero attached hydrogens (tertiary/aromatic N) is 1. The van der Waals surface area contributed by atoms with Crippen LogP contribution in [0.4, 0.5) is 28.0 Å². The Morgan fingerprint density at radius 2 is 1.85 bits per heavy atom. The second kappa shape index (κ2) is 6.48. The van der Waals surface area contributed by atoms with E-state index in [4.69, 9.17) is 0 Å². The summed E-state index contributed by atoms with van der Waals surface area (Å²) in [6.45, 7) is 2.17. The van der Waals surface area contributed by atoms with Crippen molar-refractivity contribution in [3.8, 4) is 0 Å². The van der Waals surface area contributed by atoms with E-state index in [1.165, 1.54) is 12.1 Å². The molecule has 1 unspecified atom stereocenters. The highest BCUT2D eigenvalue weighted by Crippen LogP contribution is 2.47. The topological polar surface area (TPSA) is 32.3 Å². The summed E-state index contributed by atoms with van der Waals surface area (Å²) >= 11 is 0. The molecule has 26 heavy (non-hydrogen) atoms. The third-order valence-electron chi connectivity index (χ3n) is 4.40. The van der Waals surface area contributed by atoms with Gasteiger partial charge in [0, 0.05) is 11.3 Å². The molecule has 0 saturated carbocycles. The summed E-state index contributed by atoms with van der Waals surface area (Å²) in [5, 5.41) is 2.43. The Morgan fingerprint density at radius 3 is 2.46 bits per heavy atom. The number of amides is 2. The molecule has 1 aliphatic rings. The van der Waals surface area contributed by atoms with E-state index in [1.54, 1.807) is 30.3 Å². The first-order valence-corrected chi connectivity index (χ1v) is 7.90. The minimum atomic E-state index is -4.62. The van der Waals surface area contributed by atoms with Crippen LogP contribution in [0.25, 0.3) is 0 Å². The molecule has 1 heterocycles. The first kappa shape index (κ1) is 18.0. The molecule has 1 aliphatic heterocycles. The van der Waals surface area contributed by atoms with Gasteiger partial charge in [0.25, 0.3) is 0 Å². The van der Waals surface area contributed by atoms with Crippen LogP contribution >= 0.6 is 0 Å². The first-order valence-electron chi connectivity index (χ1n) is 7.90. The maximum absolute atomic E-state index is 14.0. The van der Waals surface area contributed by atoms with E-state index in [0.29, 0.717) is 10.5 Å². The van der Waals surface area contributed by atoms with Crippen molar-refractivity contribution in [2.75, 3.05) is 11.9 Å². The van der Waals surface area contributed by atoms with E-state index in [1.807, 2.05) is 0 Å². The smallest absolute Gasteiger partial charge is 0.307 e. The van der Waals surface area contributed by atoms with Gasteiger partial charge in [0.2, 0.25) is 0 Å². The van der Waals surface area contributed by atoms with Crippen LogP contribution in [0.2, 0.25) is 0 Å². The SMILES string of the molecule is C=CCC1(c2ccccc2)c2cc(F)ccc2NC(=O)N1CC(F)(F)F. The van der Waals surface area contributed by atoms with Gasteiger partial charge in [-0.3, -0.25) is 0 Å². The Hall–Kier alpha value is -2.83. The Bertz CT molecular complexity index is 835. The molecule has 0 spiro atoms. The second-order valence-electron chi connectivity index (χ2n) is 6.04. The van der Waals surface area contributed by atoms with Crippen LogP contribution in [0, 0.1) is 5.82 Å². The number of hydrogen-bond acceptors (Lipinski definition) is 1. The molecule has 3 rings (SSSR count). The normalized spacial score (nSPS) is 19.7. The quantitative estimate of drug-likeness (QED) is 0.597. The number of hydrogen-bond donors (Lipinski definition) is 1. The van der Waals surface area contributed by atoms with Gasteiger partial charge in [-0.15, -0.1) is 6.58 Å². The van der Waals surface area contributed by atoms with Crippen molar-refractivity contribution >= 4 is 11.7 Å². The molecule has 1 N–H and O–H groups in total. The van der Waals surface area contributed by atoms with Crippen LogP contribution in [0.3, 0.4) is 0 Å². The van der Waals surface area contributed by atoms with E-state index >= 15 is 0 Å². The van der Waals surface area contributed by atoms with Crippen LogP contribution in [-0.2, 0) is 5.54 Å². The minimum absolute atomic E-state index is 0.00301. The summed E-state index contributed by atoms with van der Waals surface area (Å²) in [5.74, 6) is -0.601. The summed E-state index contributed by atoms with van der Waals surface area (Å²) in [5.41, 5.74) is -0.531. The molecule has 1 atom stereocenters. The number of nitrogens with one attached hydrogen (secondary N) is 1. The third kappa shape index (κ3) is 3.05. The minimum Gasteiger partial charge on any atom is -0.307 e. The van der Waals surface area contributed by atoms with Crippen molar-refractivity contribution in [1.82, 2.24) is 4.90 Å². The van der Waals surface area contributed by atoms with Gasteiger partial charge in [0.1, 0.15) is 17.9 Å². The number of urea groups is 1. The molecule has 136 valence electrons. The summed E-state index contributed by atoms with van der Waals surface area (Å²) in [4.78, 5) is 13.3. The fourth-order valence-electron chi connectivity index (χ4n) is 3.43. The fourth-order valence-corrected chi connectivity index (χ4v) is 3.43. The Labute approximate surface area is 147 Å². The van der Waals surface area contributed by atoms with Gasteiger partial charge in [-0.1, -0.05) is 36.4 Å². The molecule has 0 aliphatic carbocycles. The molecule has 3 nitrogen and oxygen atoms in total. The van der Waals surface area contributed by atoms with Crippen molar-refractivity contribution in [1.29, 1.82) is 0 Å². The van der Waals surface area contributed by atoms with Crippen molar-refractivity contribution in [2.24, 2.45) is 0 Å². The molecular formula is C19H16F4N2O. The molecular weight excluding hydrogens is 348 g/mol. The van der Waals surface area contributed by atoms with Gasteiger partial charge < -0.3 is 10.2 Å². The van der Waals surface area contributed by atoms with Crippen LogP contribution in [0.5, 0.6) is 0 Å². The first-order chi connectivity index (χ1) is 12.3. The molecule has 2 amide bonds. The lowest BCUT2D eigenvalue weighted by Crippen LogP contribution is -2.57. The lowest BCUT2D eigenvalue weighted by atomic mass is 9.76. The number of carbonyl (C=O) groups excluding carboxylic acids is 1. The second-order valence-corrected chi connectivity index (χ2v) is 6.04. The standard InChI is InChI=1S/C19H16F4N2O/c1-2-10-18(13-6-4-3-5-7-13)15-11-14(20)8-9-16(15)24-17(26)25(18)12-19(21,22)23/h2-9,11H,1,10,12H2,(H,24,26). The summed E-state index contributed by atoms with van der Waals surface area (Å²) in [7, 11) is 0. The lowest BCUT2D eigenvalue weighted by molar-refractivity contribution is -0.148. The molecule has 0 aromatic heterocycles. The van der Waals surface area contributed by atoms with E-state index < -0.39 is 30.1 Å². The Morgan fingerprint density at radius 1 is 1.15 bits per heavy atom. The summed E-state index contributed by atoms with van der Waals surface area (Å²) < 4.78 is 53.7. The van der Waals surface area contributed by atoms with Crippen LogP contribution in [0.15, 0.2) is 61.2 Å².